The number of amides is 1. The fourth-order valence-electron chi connectivity index (χ4n) is 2.24. The molecule has 0 aliphatic carbocycles. The van der Waals surface area contributed by atoms with E-state index >= 15 is 0 Å². The molecule has 0 aliphatic rings. The van der Waals surface area contributed by atoms with Gasteiger partial charge in [0.05, 0.1) is 24.7 Å². The van der Waals surface area contributed by atoms with Gasteiger partial charge >= 0.3 is 5.97 Å². The van der Waals surface area contributed by atoms with E-state index in [0.29, 0.717) is 22.9 Å². The van der Waals surface area contributed by atoms with Crippen molar-refractivity contribution in [2.45, 2.75) is 30.7 Å². The van der Waals surface area contributed by atoms with E-state index < -0.39 is 11.2 Å². The number of nitrogens with zero attached hydrogens (tertiary/aromatic N) is 2. The molecule has 0 spiro atoms. The molecular formula is C18H21ClN4O4S. The number of benzene rings is 1. The number of ether oxygens (including phenoxy) is 2. The molecular weight excluding hydrogens is 404 g/mol. The van der Waals surface area contributed by atoms with Gasteiger partial charge in [-0.1, -0.05) is 30.3 Å². The molecule has 150 valence electrons. The van der Waals surface area contributed by atoms with Crippen molar-refractivity contribution in [2.75, 3.05) is 24.8 Å². The first-order valence-electron chi connectivity index (χ1n) is 8.50. The summed E-state index contributed by atoms with van der Waals surface area (Å²) in [6.07, 6.45) is 1.82. The highest BCUT2D eigenvalue weighted by molar-refractivity contribution is 8.00. The van der Waals surface area contributed by atoms with E-state index in [1.165, 1.54) is 13.3 Å². The second-order valence-electron chi connectivity index (χ2n) is 5.52. The normalized spacial score (nSPS) is 11.6. The van der Waals surface area contributed by atoms with Crippen LogP contribution in [0.4, 0.5) is 11.5 Å². The smallest absolute Gasteiger partial charge is 0.343 e. The van der Waals surface area contributed by atoms with Crippen molar-refractivity contribution in [3.63, 3.8) is 0 Å². The topological polar surface area (TPSA) is 116 Å². The Labute approximate surface area is 172 Å². The zero-order valence-corrected chi connectivity index (χ0v) is 17.3. The maximum atomic E-state index is 12.7. The number of methoxy groups -OCH3 is 1. The number of carbonyl (C=O) groups is 2. The molecule has 2 aromatic rings. The van der Waals surface area contributed by atoms with Crippen molar-refractivity contribution < 1.29 is 19.1 Å². The van der Waals surface area contributed by atoms with Gasteiger partial charge < -0.3 is 20.5 Å². The van der Waals surface area contributed by atoms with E-state index in [1.807, 2.05) is 6.92 Å². The highest BCUT2D eigenvalue weighted by Crippen LogP contribution is 2.30. The Morgan fingerprint density at radius 3 is 2.71 bits per heavy atom. The predicted molar refractivity (Wildman–Crippen MR) is 109 cm³/mol. The van der Waals surface area contributed by atoms with Crippen LogP contribution < -0.4 is 15.8 Å². The molecule has 28 heavy (non-hydrogen) atoms. The van der Waals surface area contributed by atoms with Gasteiger partial charge in [-0.2, -0.15) is 0 Å². The Bertz CT molecular complexity index is 865. The summed E-state index contributed by atoms with van der Waals surface area (Å²) in [6.45, 7) is 3.78. The lowest BCUT2D eigenvalue weighted by Crippen LogP contribution is -2.25. The third kappa shape index (κ3) is 5.49. The Kier molecular flexibility index (Phi) is 7.89. The van der Waals surface area contributed by atoms with Gasteiger partial charge in [0, 0.05) is 11.2 Å². The van der Waals surface area contributed by atoms with E-state index in [9.17, 15) is 9.59 Å². The number of aromatic nitrogens is 2. The summed E-state index contributed by atoms with van der Waals surface area (Å²) in [6, 6.07) is 4.95. The zero-order chi connectivity index (χ0) is 20.7. The van der Waals surface area contributed by atoms with Crippen LogP contribution in [0.15, 0.2) is 29.6 Å². The van der Waals surface area contributed by atoms with Crippen molar-refractivity contribution in [1.29, 1.82) is 0 Å². The van der Waals surface area contributed by atoms with Crippen LogP contribution in [-0.4, -0.2) is 40.8 Å². The van der Waals surface area contributed by atoms with E-state index in [2.05, 4.69) is 15.3 Å². The van der Waals surface area contributed by atoms with Crippen LogP contribution in [0.5, 0.6) is 5.75 Å². The van der Waals surface area contributed by atoms with Crippen LogP contribution in [0.1, 0.15) is 30.6 Å². The predicted octanol–water partition coefficient (Wildman–Crippen LogP) is 3.41. The monoisotopic (exact) mass is 424 g/mol. The molecule has 1 aromatic carbocycles. The minimum atomic E-state index is -0.589. The molecule has 0 bridgehead atoms. The number of halogens is 1. The summed E-state index contributed by atoms with van der Waals surface area (Å²) in [5, 5.41) is 3.07. The van der Waals surface area contributed by atoms with Crippen LogP contribution in [0, 0.1) is 0 Å². The number of hydrogen-bond acceptors (Lipinski definition) is 8. The highest BCUT2D eigenvalue weighted by Gasteiger charge is 2.22. The summed E-state index contributed by atoms with van der Waals surface area (Å²) >= 11 is 7.14. The number of nitrogen functional groups attached to an aromatic ring is 1. The fourth-order valence-corrected chi connectivity index (χ4v) is 3.27. The van der Waals surface area contributed by atoms with Crippen molar-refractivity contribution >= 4 is 46.7 Å². The second-order valence-corrected chi connectivity index (χ2v) is 7.13. The van der Waals surface area contributed by atoms with Gasteiger partial charge in [-0.25, -0.2) is 14.8 Å². The van der Waals surface area contributed by atoms with Gasteiger partial charge in [-0.15, -0.1) is 0 Å². The third-order valence-electron chi connectivity index (χ3n) is 3.62. The number of rotatable bonds is 8. The summed E-state index contributed by atoms with van der Waals surface area (Å²) < 4.78 is 10.1. The molecule has 1 heterocycles. The minimum Gasteiger partial charge on any atom is -0.495 e. The molecule has 1 unspecified atom stereocenters. The third-order valence-corrected chi connectivity index (χ3v) is 5.10. The molecule has 8 nitrogen and oxygen atoms in total. The van der Waals surface area contributed by atoms with Gasteiger partial charge in [0.1, 0.15) is 17.1 Å². The quantitative estimate of drug-likeness (QED) is 0.376. The first kappa shape index (κ1) is 21.8. The molecule has 1 atom stereocenters. The number of esters is 1. The molecule has 0 aliphatic heterocycles. The van der Waals surface area contributed by atoms with Crippen molar-refractivity contribution in [3.8, 4) is 5.75 Å². The molecule has 2 rings (SSSR count). The lowest BCUT2D eigenvalue weighted by Gasteiger charge is -2.16. The van der Waals surface area contributed by atoms with Gasteiger partial charge in [-0.05, 0) is 31.5 Å². The molecule has 3 N–H and O–H groups in total. The van der Waals surface area contributed by atoms with Gasteiger partial charge in [0.15, 0.2) is 5.16 Å². The average Bonchev–Trinajstić information content (AvgIpc) is 2.66. The Balaban J connectivity index is 2.13. The van der Waals surface area contributed by atoms with Gasteiger partial charge in [-0.3, -0.25) is 4.79 Å². The van der Waals surface area contributed by atoms with E-state index in [0.717, 1.165) is 11.8 Å². The SMILES string of the molecule is CCOC(=O)c1cnc(SC(CC)C(=O)Nc2cc(Cl)ccc2OC)nc1N. The number of nitrogens with two attached hydrogens (primary N) is 1. The summed E-state index contributed by atoms with van der Waals surface area (Å²) in [7, 11) is 1.51. The van der Waals surface area contributed by atoms with Crippen molar-refractivity contribution in [2.24, 2.45) is 0 Å². The van der Waals surface area contributed by atoms with Gasteiger partial charge in [0.2, 0.25) is 5.91 Å². The summed E-state index contributed by atoms with van der Waals surface area (Å²) in [5.41, 5.74) is 6.39. The van der Waals surface area contributed by atoms with Crippen LogP contribution in [0.3, 0.4) is 0 Å². The fraction of sp³-hybridized carbons (Fsp3) is 0.333. The maximum absolute atomic E-state index is 12.7. The van der Waals surface area contributed by atoms with Crippen molar-refractivity contribution in [3.05, 3.63) is 35.0 Å². The lowest BCUT2D eigenvalue weighted by molar-refractivity contribution is -0.115. The summed E-state index contributed by atoms with van der Waals surface area (Å²) in [4.78, 5) is 32.7. The Morgan fingerprint density at radius 1 is 1.36 bits per heavy atom. The first-order valence-corrected chi connectivity index (χ1v) is 9.76. The van der Waals surface area contributed by atoms with E-state index in [-0.39, 0.29) is 29.1 Å². The standard InChI is InChI=1S/C18H21ClN4O4S/c1-4-14(16(24)22-12-8-10(19)6-7-13(12)26-3)28-18-21-9-11(15(20)23-18)17(25)27-5-2/h6-9,14H,4-5H2,1-3H3,(H,22,24)(H2,20,21,23). The number of carbonyl (C=O) groups excluding carboxylic acids is 2. The van der Waals surface area contributed by atoms with E-state index in [4.69, 9.17) is 26.8 Å². The molecule has 0 saturated heterocycles. The average molecular weight is 425 g/mol. The molecule has 0 fully saturated rings. The molecule has 10 heteroatoms. The van der Waals surface area contributed by atoms with Crippen LogP contribution in [0.2, 0.25) is 5.02 Å². The Morgan fingerprint density at radius 2 is 2.11 bits per heavy atom. The van der Waals surface area contributed by atoms with Crippen molar-refractivity contribution in [1.82, 2.24) is 9.97 Å². The first-order chi connectivity index (χ1) is 13.4. The number of thioether (sulfide) groups is 1. The van der Waals surface area contributed by atoms with Gasteiger partial charge in [0.25, 0.3) is 0 Å². The zero-order valence-electron chi connectivity index (χ0n) is 15.7. The second kappa shape index (κ2) is 10.1. The number of nitrogens with one attached hydrogen (secondary N) is 1. The van der Waals surface area contributed by atoms with Crippen LogP contribution in [-0.2, 0) is 9.53 Å². The van der Waals surface area contributed by atoms with E-state index in [1.54, 1.807) is 25.1 Å². The number of anilines is 2. The molecule has 0 saturated carbocycles. The molecule has 1 aromatic heterocycles. The van der Waals surface area contributed by atoms with Crippen LogP contribution in [0.25, 0.3) is 0 Å². The molecule has 0 radical (unpaired) electrons. The summed E-state index contributed by atoms with van der Waals surface area (Å²) in [5.74, 6) is -0.348. The largest absolute Gasteiger partial charge is 0.495 e. The van der Waals surface area contributed by atoms with Crippen LogP contribution >= 0.6 is 23.4 Å². The highest BCUT2D eigenvalue weighted by atomic mass is 35.5. The number of hydrogen-bond donors (Lipinski definition) is 2. The maximum Gasteiger partial charge on any atom is 0.343 e. The molecule has 1 amide bonds. The Hall–Kier alpha value is -2.52. The lowest BCUT2D eigenvalue weighted by atomic mass is 10.2. The minimum absolute atomic E-state index is 0.00252.